The quantitative estimate of drug-likeness (QED) is 0.413. The van der Waals surface area contributed by atoms with Crippen molar-refractivity contribution in [1.82, 2.24) is 0 Å². The Bertz CT molecular complexity index is 719. The van der Waals surface area contributed by atoms with E-state index in [9.17, 15) is 9.90 Å². The lowest BCUT2D eigenvalue weighted by Gasteiger charge is -2.31. The lowest BCUT2D eigenvalue weighted by Crippen LogP contribution is -2.28. The zero-order valence-electron chi connectivity index (χ0n) is 25.0. The number of rotatable bonds is 5. The summed E-state index contributed by atoms with van der Waals surface area (Å²) >= 11 is 0. The molecule has 3 heteroatoms. The molecule has 3 N–H and O–H groups in total. The van der Waals surface area contributed by atoms with E-state index in [4.69, 9.17) is 5.73 Å². The van der Waals surface area contributed by atoms with Gasteiger partial charge in [0, 0.05) is 5.92 Å². The van der Waals surface area contributed by atoms with Gasteiger partial charge in [-0.05, 0) is 124 Å². The predicted molar refractivity (Wildman–Crippen MR) is 158 cm³/mol. The van der Waals surface area contributed by atoms with Gasteiger partial charge in [0.1, 0.15) is 0 Å². The Morgan fingerprint density at radius 2 is 1.03 bits per heavy atom. The van der Waals surface area contributed by atoms with E-state index in [1.54, 1.807) is 5.56 Å². The minimum atomic E-state index is -0.0998. The van der Waals surface area contributed by atoms with Crippen LogP contribution in [0.25, 0.3) is 0 Å². The van der Waals surface area contributed by atoms with Gasteiger partial charge in [0.15, 0.2) is 0 Å². The molecule has 1 aromatic carbocycles. The molecule has 0 bridgehead atoms. The number of nitrogens with two attached hydrogens (primary N) is 1. The first-order valence-electron chi connectivity index (χ1n) is 15.6. The van der Waals surface area contributed by atoms with Crippen molar-refractivity contribution in [3.8, 4) is 0 Å². The second kappa shape index (κ2) is 16.6. The molecule has 37 heavy (non-hydrogen) atoms. The van der Waals surface area contributed by atoms with Crippen molar-refractivity contribution < 1.29 is 9.90 Å². The van der Waals surface area contributed by atoms with Gasteiger partial charge in [-0.15, -0.1) is 0 Å². The van der Waals surface area contributed by atoms with Gasteiger partial charge >= 0.3 is 0 Å². The third-order valence-corrected chi connectivity index (χ3v) is 9.79. The molecule has 212 valence electrons. The highest BCUT2D eigenvalue weighted by molar-refractivity contribution is 5.76. The lowest BCUT2D eigenvalue weighted by molar-refractivity contribution is -0.123. The number of amides is 1. The molecule has 0 radical (unpaired) electrons. The Balaban J connectivity index is 0.000000200. The molecule has 1 amide bonds. The Labute approximate surface area is 229 Å². The number of aliphatic hydroxyl groups is 1. The molecule has 0 spiro atoms. The van der Waals surface area contributed by atoms with E-state index in [0.717, 1.165) is 67.1 Å². The van der Waals surface area contributed by atoms with E-state index in [0.29, 0.717) is 0 Å². The number of hydrogen-bond donors (Lipinski definition) is 2. The van der Waals surface area contributed by atoms with E-state index in [1.165, 1.54) is 51.4 Å². The number of carbonyl (C=O) groups is 1. The van der Waals surface area contributed by atoms with Crippen LogP contribution >= 0.6 is 0 Å². The van der Waals surface area contributed by atoms with Gasteiger partial charge in [0.05, 0.1) is 6.10 Å². The van der Waals surface area contributed by atoms with Crippen molar-refractivity contribution in [2.24, 2.45) is 47.2 Å². The standard InChI is InChI=1S/C15H22.C10H19NO.C9H18O/c1-12(2)13-8-10-15(11-9-13)14-6-4-3-5-7-14;1-7(2)8-3-5-9(6-4-8)10(11)12;1-7(2)8-3-5-9(10)6-4-8/h3-7,12-13,15H,8-11H2,1-2H3;7-9H,3-6H2,1-2H3,(H2,11,12);7-10H,3-6H2,1-2H3. The maximum Gasteiger partial charge on any atom is 0.220 e. The first kappa shape index (κ1) is 31.9. The highest BCUT2D eigenvalue weighted by Crippen LogP contribution is 2.38. The Morgan fingerprint density at radius 3 is 1.41 bits per heavy atom. The van der Waals surface area contributed by atoms with Crippen molar-refractivity contribution in [2.45, 2.75) is 131 Å². The first-order valence-corrected chi connectivity index (χ1v) is 15.6. The van der Waals surface area contributed by atoms with Crippen LogP contribution < -0.4 is 5.73 Å². The van der Waals surface area contributed by atoms with Crippen LogP contribution in [0.4, 0.5) is 0 Å². The van der Waals surface area contributed by atoms with Gasteiger partial charge in [-0.2, -0.15) is 0 Å². The Hall–Kier alpha value is -1.35. The SMILES string of the molecule is CC(C)C1CCC(C(N)=O)CC1.CC(C)C1CCC(O)CC1.CC(C)C1CCC(c2ccccc2)CC1. The molecule has 1 aromatic rings. The van der Waals surface area contributed by atoms with Gasteiger partial charge in [-0.25, -0.2) is 0 Å². The summed E-state index contributed by atoms with van der Waals surface area (Å²) in [5.41, 5.74) is 6.81. The second-order valence-electron chi connectivity index (χ2n) is 13.3. The van der Waals surface area contributed by atoms with E-state index in [-0.39, 0.29) is 17.9 Å². The molecule has 3 aliphatic rings. The average molecular weight is 514 g/mol. The zero-order chi connectivity index (χ0) is 27.4. The van der Waals surface area contributed by atoms with Crippen molar-refractivity contribution >= 4 is 5.91 Å². The second-order valence-corrected chi connectivity index (χ2v) is 13.3. The largest absolute Gasteiger partial charge is 0.393 e. The highest BCUT2D eigenvalue weighted by Gasteiger charge is 2.26. The fourth-order valence-corrected chi connectivity index (χ4v) is 6.68. The summed E-state index contributed by atoms with van der Waals surface area (Å²) in [5, 5.41) is 9.21. The van der Waals surface area contributed by atoms with Crippen molar-refractivity contribution in [3.05, 3.63) is 35.9 Å². The molecule has 3 fully saturated rings. The van der Waals surface area contributed by atoms with Crippen LogP contribution in [0, 0.1) is 41.4 Å². The molecule has 0 aliphatic heterocycles. The smallest absolute Gasteiger partial charge is 0.220 e. The molecule has 0 saturated heterocycles. The van der Waals surface area contributed by atoms with Crippen LogP contribution in [0.15, 0.2) is 30.3 Å². The molecule has 3 nitrogen and oxygen atoms in total. The van der Waals surface area contributed by atoms with Gasteiger partial charge in [0.2, 0.25) is 5.91 Å². The van der Waals surface area contributed by atoms with E-state index in [2.05, 4.69) is 71.9 Å². The minimum absolute atomic E-state index is 0.00926. The van der Waals surface area contributed by atoms with E-state index in [1.807, 2.05) is 0 Å². The zero-order valence-corrected chi connectivity index (χ0v) is 25.0. The molecule has 3 saturated carbocycles. The fourth-order valence-electron chi connectivity index (χ4n) is 6.68. The molecular weight excluding hydrogens is 454 g/mol. The minimum Gasteiger partial charge on any atom is -0.393 e. The van der Waals surface area contributed by atoms with E-state index < -0.39 is 0 Å². The fraction of sp³-hybridized carbons (Fsp3) is 0.794. The first-order chi connectivity index (χ1) is 17.6. The lowest BCUT2D eigenvalue weighted by atomic mass is 9.75. The third-order valence-electron chi connectivity index (χ3n) is 9.79. The highest BCUT2D eigenvalue weighted by atomic mass is 16.3. The van der Waals surface area contributed by atoms with Crippen LogP contribution in [0.2, 0.25) is 0 Å². The topological polar surface area (TPSA) is 63.3 Å². The summed E-state index contributed by atoms with van der Waals surface area (Å²) in [5.74, 6) is 6.03. The summed E-state index contributed by atoms with van der Waals surface area (Å²) in [6, 6.07) is 11.0. The predicted octanol–water partition coefficient (Wildman–Crippen LogP) is 8.74. The summed E-state index contributed by atoms with van der Waals surface area (Å²) < 4.78 is 0. The van der Waals surface area contributed by atoms with Gasteiger partial charge < -0.3 is 10.8 Å². The number of primary amides is 1. The maximum absolute atomic E-state index is 10.9. The van der Waals surface area contributed by atoms with Crippen molar-refractivity contribution in [2.75, 3.05) is 0 Å². The van der Waals surface area contributed by atoms with Crippen LogP contribution in [-0.2, 0) is 4.79 Å². The summed E-state index contributed by atoms with van der Waals surface area (Å²) in [6.07, 6.45) is 14.6. The number of hydrogen-bond acceptors (Lipinski definition) is 2. The summed E-state index contributed by atoms with van der Waals surface area (Å²) in [4.78, 5) is 10.9. The normalized spacial score (nSPS) is 30.2. The van der Waals surface area contributed by atoms with E-state index >= 15 is 0 Å². The van der Waals surface area contributed by atoms with Crippen molar-refractivity contribution in [3.63, 3.8) is 0 Å². The van der Waals surface area contributed by atoms with Crippen LogP contribution in [-0.4, -0.2) is 17.1 Å². The molecule has 0 aromatic heterocycles. The molecule has 4 rings (SSSR count). The number of carbonyl (C=O) groups excluding carboxylic acids is 1. The van der Waals surface area contributed by atoms with Crippen LogP contribution in [0.5, 0.6) is 0 Å². The van der Waals surface area contributed by atoms with Gasteiger partial charge in [-0.1, -0.05) is 71.9 Å². The Morgan fingerprint density at radius 1 is 0.649 bits per heavy atom. The van der Waals surface area contributed by atoms with Crippen LogP contribution in [0.3, 0.4) is 0 Å². The molecule has 3 aliphatic carbocycles. The molecule has 0 atom stereocenters. The summed E-state index contributed by atoms with van der Waals surface area (Å²) in [6.45, 7) is 13.8. The maximum atomic E-state index is 10.9. The number of aliphatic hydroxyl groups excluding tert-OH is 1. The van der Waals surface area contributed by atoms with Gasteiger partial charge in [-0.3, -0.25) is 4.79 Å². The molecule has 0 heterocycles. The molecule has 0 unspecified atom stereocenters. The summed E-state index contributed by atoms with van der Waals surface area (Å²) in [7, 11) is 0. The monoisotopic (exact) mass is 513 g/mol. The third kappa shape index (κ3) is 11.5. The molecular formula is C34H59NO2. The average Bonchev–Trinajstić information content (AvgIpc) is 2.90. The van der Waals surface area contributed by atoms with Gasteiger partial charge in [0.25, 0.3) is 0 Å². The number of benzene rings is 1. The Kier molecular flexibility index (Phi) is 14.3. The van der Waals surface area contributed by atoms with Crippen molar-refractivity contribution in [1.29, 1.82) is 0 Å². The van der Waals surface area contributed by atoms with Crippen LogP contribution in [0.1, 0.15) is 130 Å².